The van der Waals surface area contributed by atoms with Gasteiger partial charge in [0, 0.05) is 4.47 Å². The Morgan fingerprint density at radius 1 is 1.38 bits per heavy atom. The molecular weight excluding hydrogens is 236 g/mol. The van der Waals surface area contributed by atoms with Gasteiger partial charge in [0.1, 0.15) is 0 Å². The number of ether oxygens (including phenoxy) is 1. The lowest BCUT2D eigenvalue weighted by atomic mass is 10.2. The van der Waals surface area contributed by atoms with Crippen molar-refractivity contribution in [1.82, 2.24) is 0 Å². The first-order valence-corrected chi connectivity index (χ1v) is 4.50. The van der Waals surface area contributed by atoms with Crippen LogP contribution in [0.2, 0.25) is 0 Å². The first-order chi connectivity index (χ1) is 6.18. The van der Waals surface area contributed by atoms with E-state index in [1.54, 1.807) is 0 Å². The molecule has 0 N–H and O–H groups in total. The quantitative estimate of drug-likeness (QED) is 0.783. The lowest BCUT2D eigenvalue weighted by Gasteiger charge is -2.04. The fourth-order valence-electron chi connectivity index (χ4n) is 0.833. The maximum absolute atomic E-state index is 10.0. The van der Waals surface area contributed by atoms with Gasteiger partial charge in [-0.05, 0) is 17.7 Å². The summed E-state index contributed by atoms with van der Waals surface area (Å²) in [7, 11) is 0. The highest BCUT2D eigenvalue weighted by atomic mass is 79.9. The van der Waals surface area contributed by atoms with Crippen molar-refractivity contribution in [3.63, 3.8) is 0 Å². The van der Waals surface area contributed by atoms with E-state index >= 15 is 0 Å². The highest BCUT2D eigenvalue weighted by Gasteiger charge is 1.93. The molecule has 0 fully saturated rings. The molecule has 0 aliphatic rings. The molecule has 1 aromatic rings. The fourth-order valence-corrected chi connectivity index (χ4v) is 1.10. The van der Waals surface area contributed by atoms with Crippen molar-refractivity contribution in [1.29, 1.82) is 0 Å². The number of rotatable bonds is 4. The maximum atomic E-state index is 10.0. The molecule has 1 aromatic carbocycles. The van der Waals surface area contributed by atoms with Crippen LogP contribution in [0.3, 0.4) is 0 Å². The van der Waals surface area contributed by atoms with Crippen LogP contribution < -0.4 is 5.11 Å². The van der Waals surface area contributed by atoms with Gasteiger partial charge in [-0.2, -0.15) is 0 Å². The van der Waals surface area contributed by atoms with Gasteiger partial charge < -0.3 is 14.6 Å². The van der Waals surface area contributed by atoms with E-state index in [4.69, 9.17) is 4.74 Å². The Bertz CT molecular complexity index is 281. The van der Waals surface area contributed by atoms with Crippen LogP contribution in [-0.4, -0.2) is 12.6 Å². The van der Waals surface area contributed by atoms with Crippen LogP contribution >= 0.6 is 15.9 Å². The predicted molar refractivity (Wildman–Crippen MR) is 48.8 cm³/mol. The predicted octanol–water partition coefficient (Wildman–Crippen LogP) is 0.716. The van der Waals surface area contributed by atoms with Gasteiger partial charge in [-0.3, -0.25) is 0 Å². The fraction of sp³-hybridized carbons (Fsp3) is 0.222. The third-order valence-corrected chi connectivity index (χ3v) is 1.93. The third-order valence-electron chi connectivity index (χ3n) is 1.40. The molecule has 0 heterocycles. The monoisotopic (exact) mass is 243 g/mol. The average molecular weight is 244 g/mol. The molecule has 0 saturated carbocycles. The van der Waals surface area contributed by atoms with Gasteiger partial charge in [-0.25, -0.2) is 0 Å². The van der Waals surface area contributed by atoms with Gasteiger partial charge >= 0.3 is 0 Å². The molecule has 0 spiro atoms. The molecule has 0 aliphatic heterocycles. The molecular formula is C9H8BrO3-. The molecule has 4 heteroatoms. The van der Waals surface area contributed by atoms with E-state index in [0.717, 1.165) is 10.0 Å². The summed E-state index contributed by atoms with van der Waals surface area (Å²) in [6.07, 6.45) is 0. The minimum atomic E-state index is -1.20. The van der Waals surface area contributed by atoms with Crippen LogP contribution in [0.1, 0.15) is 5.56 Å². The third kappa shape index (κ3) is 4.05. The summed E-state index contributed by atoms with van der Waals surface area (Å²) < 4.78 is 5.83. The van der Waals surface area contributed by atoms with Crippen molar-refractivity contribution in [3.05, 3.63) is 34.3 Å². The summed E-state index contributed by atoms with van der Waals surface area (Å²) in [4.78, 5) is 10.0. The topological polar surface area (TPSA) is 49.4 Å². The maximum Gasteiger partial charge on any atom is 0.0865 e. The number of hydrogen-bond acceptors (Lipinski definition) is 3. The molecule has 0 saturated heterocycles. The number of carbonyl (C=O) groups is 1. The number of carboxylic acids is 1. The van der Waals surface area contributed by atoms with E-state index in [1.165, 1.54) is 0 Å². The first kappa shape index (κ1) is 10.2. The molecule has 0 aliphatic carbocycles. The Kier molecular flexibility index (Phi) is 3.92. The minimum absolute atomic E-state index is 0.293. The van der Waals surface area contributed by atoms with Crippen molar-refractivity contribution in [2.75, 3.05) is 6.61 Å². The van der Waals surface area contributed by atoms with Crippen molar-refractivity contribution in [3.8, 4) is 0 Å². The second-order valence-corrected chi connectivity index (χ2v) is 3.41. The summed E-state index contributed by atoms with van der Waals surface area (Å²) in [5, 5.41) is 10.0. The summed E-state index contributed by atoms with van der Waals surface area (Å²) in [6.45, 7) is -0.0721. The van der Waals surface area contributed by atoms with E-state index in [9.17, 15) is 9.90 Å². The van der Waals surface area contributed by atoms with Crippen LogP contribution in [0, 0.1) is 0 Å². The molecule has 70 valence electrons. The number of carbonyl (C=O) groups excluding carboxylic acids is 1. The van der Waals surface area contributed by atoms with Gasteiger partial charge in [0.25, 0.3) is 0 Å². The molecule has 1 rings (SSSR count). The summed E-state index contributed by atoms with van der Waals surface area (Å²) in [5.41, 5.74) is 0.935. The Morgan fingerprint density at radius 3 is 2.54 bits per heavy atom. The largest absolute Gasteiger partial charge is 0.548 e. The Morgan fingerprint density at radius 2 is 2.00 bits per heavy atom. The van der Waals surface area contributed by atoms with Gasteiger partial charge in [0.05, 0.1) is 19.2 Å². The van der Waals surface area contributed by atoms with Crippen LogP contribution in [0.5, 0.6) is 0 Å². The molecule has 0 aromatic heterocycles. The second-order valence-electron chi connectivity index (χ2n) is 2.49. The molecule has 13 heavy (non-hydrogen) atoms. The average Bonchev–Trinajstić information content (AvgIpc) is 2.08. The smallest absolute Gasteiger partial charge is 0.0865 e. The van der Waals surface area contributed by atoms with Gasteiger partial charge in [-0.15, -0.1) is 0 Å². The lowest BCUT2D eigenvalue weighted by molar-refractivity contribution is -0.309. The van der Waals surface area contributed by atoms with Crippen LogP contribution in [0.15, 0.2) is 28.7 Å². The van der Waals surface area contributed by atoms with Crippen molar-refractivity contribution >= 4 is 21.9 Å². The molecule has 0 radical (unpaired) electrons. The van der Waals surface area contributed by atoms with Crippen molar-refractivity contribution in [2.24, 2.45) is 0 Å². The van der Waals surface area contributed by atoms with Gasteiger partial charge in [0.15, 0.2) is 0 Å². The van der Waals surface area contributed by atoms with Crippen LogP contribution in [-0.2, 0) is 16.1 Å². The van der Waals surface area contributed by atoms with E-state index in [0.29, 0.717) is 6.61 Å². The SMILES string of the molecule is O=C([O-])COCc1ccc(Br)cc1. The first-order valence-electron chi connectivity index (χ1n) is 3.70. The lowest BCUT2D eigenvalue weighted by Crippen LogP contribution is -2.27. The number of carboxylic acid groups (broad SMARTS) is 1. The Hall–Kier alpha value is -0.870. The molecule has 0 bridgehead atoms. The van der Waals surface area contributed by atoms with E-state index in [2.05, 4.69) is 15.9 Å². The van der Waals surface area contributed by atoms with Crippen LogP contribution in [0.4, 0.5) is 0 Å². The zero-order valence-electron chi connectivity index (χ0n) is 6.83. The standard InChI is InChI=1S/C9H9BrO3/c10-8-3-1-7(2-4-8)5-13-6-9(11)12/h1-4H,5-6H2,(H,11,12)/p-1. The molecule has 0 unspecified atom stereocenters. The summed E-state index contributed by atoms with van der Waals surface area (Å²) in [6, 6.07) is 7.47. The number of halogens is 1. The van der Waals surface area contributed by atoms with Crippen LogP contribution in [0.25, 0.3) is 0 Å². The van der Waals surface area contributed by atoms with E-state index in [-0.39, 0.29) is 6.61 Å². The molecule has 0 amide bonds. The Balaban J connectivity index is 2.37. The second kappa shape index (κ2) is 4.99. The van der Waals surface area contributed by atoms with E-state index in [1.807, 2.05) is 24.3 Å². The normalized spacial score (nSPS) is 9.92. The zero-order chi connectivity index (χ0) is 9.68. The Labute approximate surface area is 84.5 Å². The molecule has 0 atom stereocenters. The highest BCUT2D eigenvalue weighted by Crippen LogP contribution is 2.10. The van der Waals surface area contributed by atoms with Crippen molar-refractivity contribution in [2.45, 2.75) is 6.61 Å². The minimum Gasteiger partial charge on any atom is -0.548 e. The highest BCUT2D eigenvalue weighted by molar-refractivity contribution is 9.10. The summed E-state index contributed by atoms with van der Waals surface area (Å²) >= 11 is 3.29. The number of hydrogen-bond donors (Lipinski definition) is 0. The summed E-state index contributed by atoms with van der Waals surface area (Å²) in [5.74, 6) is -1.20. The van der Waals surface area contributed by atoms with Crippen molar-refractivity contribution < 1.29 is 14.6 Å². The molecule has 3 nitrogen and oxygen atoms in total. The van der Waals surface area contributed by atoms with Gasteiger partial charge in [-0.1, -0.05) is 28.1 Å². The van der Waals surface area contributed by atoms with Gasteiger partial charge in [0.2, 0.25) is 0 Å². The van der Waals surface area contributed by atoms with E-state index < -0.39 is 5.97 Å². The number of benzene rings is 1. The number of aliphatic carboxylic acids is 1. The zero-order valence-corrected chi connectivity index (χ0v) is 8.41.